The van der Waals surface area contributed by atoms with Crippen LogP contribution in [0.4, 0.5) is 5.69 Å². The molecule has 2 unspecified atom stereocenters. The number of rotatable bonds is 8. The predicted molar refractivity (Wildman–Crippen MR) is 94.6 cm³/mol. The summed E-state index contributed by atoms with van der Waals surface area (Å²) < 4.78 is 0. The van der Waals surface area contributed by atoms with E-state index in [4.69, 9.17) is 4.84 Å². The zero-order valence-electron chi connectivity index (χ0n) is 14.1. The minimum atomic E-state index is -0.709. The summed E-state index contributed by atoms with van der Waals surface area (Å²) >= 11 is 1.48. The van der Waals surface area contributed by atoms with E-state index >= 15 is 0 Å². The third-order valence-corrected chi connectivity index (χ3v) is 5.59. The fourth-order valence-electron chi connectivity index (χ4n) is 2.92. The maximum absolute atomic E-state index is 12.7. The maximum Gasteiger partial charge on any atom is 0.329 e. The van der Waals surface area contributed by atoms with Crippen LogP contribution in [-0.4, -0.2) is 33.0 Å². The van der Waals surface area contributed by atoms with Crippen molar-refractivity contribution in [2.24, 2.45) is 5.41 Å². The van der Waals surface area contributed by atoms with Crippen molar-refractivity contribution < 1.29 is 19.3 Å². The average molecular weight is 364 g/mol. The summed E-state index contributed by atoms with van der Waals surface area (Å²) in [5.41, 5.74) is 0.125. The van der Waals surface area contributed by atoms with Crippen LogP contribution in [-0.2, 0) is 20.8 Å². The number of β-lactam (4-membered cyclic amide) rings is 1. The molecule has 1 aromatic rings. The van der Waals surface area contributed by atoms with Gasteiger partial charge in [0.15, 0.2) is 0 Å². The minimum absolute atomic E-state index is 0.00774. The zero-order valence-corrected chi connectivity index (χ0v) is 15.0. The zero-order chi connectivity index (χ0) is 18.6. The Bertz CT molecular complexity index is 691. The number of carbonyl (C=O) groups excluding carboxylic acids is 2. The first-order valence-corrected chi connectivity index (χ1v) is 8.88. The topological polar surface area (TPSA) is 89.8 Å². The Balaban J connectivity index is 2.25. The molecule has 1 heterocycles. The summed E-state index contributed by atoms with van der Waals surface area (Å²) in [4.78, 5) is 39.3. The Labute approximate surface area is 150 Å². The van der Waals surface area contributed by atoms with Gasteiger partial charge in [-0.15, -0.1) is 18.3 Å². The number of hydrogen-bond donors (Lipinski definition) is 0. The fraction of sp³-hybridized carbons (Fsp3) is 0.412. The number of amides is 1. The molecule has 8 heteroatoms. The van der Waals surface area contributed by atoms with E-state index in [9.17, 15) is 19.7 Å². The van der Waals surface area contributed by atoms with Gasteiger partial charge in [0.25, 0.3) is 11.6 Å². The summed E-state index contributed by atoms with van der Waals surface area (Å²) in [5.74, 6) is -0.180. The highest BCUT2D eigenvalue weighted by molar-refractivity contribution is 8.00. The summed E-state index contributed by atoms with van der Waals surface area (Å²) in [6, 6.07) is 6.17. The highest BCUT2D eigenvalue weighted by atomic mass is 32.2. The smallest absolute Gasteiger partial charge is 0.329 e. The molecule has 0 aliphatic carbocycles. The van der Waals surface area contributed by atoms with Crippen LogP contribution in [0, 0.1) is 15.5 Å². The van der Waals surface area contributed by atoms with Gasteiger partial charge in [0.2, 0.25) is 0 Å². The molecule has 1 aliphatic rings. The normalized spacial score (nSPS) is 22.2. The van der Waals surface area contributed by atoms with Gasteiger partial charge in [-0.3, -0.25) is 19.7 Å². The van der Waals surface area contributed by atoms with Crippen molar-refractivity contribution in [3.63, 3.8) is 0 Å². The largest absolute Gasteiger partial charge is 0.337 e. The van der Waals surface area contributed by atoms with Crippen LogP contribution in [0.2, 0.25) is 0 Å². The van der Waals surface area contributed by atoms with E-state index in [-0.39, 0.29) is 17.0 Å². The molecular weight excluding hydrogens is 344 g/mol. The second-order valence-electron chi connectivity index (χ2n) is 5.80. The average Bonchev–Trinajstić information content (AvgIpc) is 2.59. The summed E-state index contributed by atoms with van der Waals surface area (Å²) in [6.07, 6.45) is 2.72. The fourth-order valence-corrected chi connectivity index (χ4v) is 4.18. The number of nitro benzene ring substituents is 1. The van der Waals surface area contributed by atoms with Gasteiger partial charge in [0.1, 0.15) is 5.37 Å². The van der Waals surface area contributed by atoms with Crippen molar-refractivity contribution >= 4 is 29.3 Å². The summed E-state index contributed by atoms with van der Waals surface area (Å²) in [5, 5.41) is 11.6. The maximum atomic E-state index is 12.7. The number of hydroxylamine groups is 2. The first-order chi connectivity index (χ1) is 11.9. The molecule has 0 aromatic heterocycles. The highest BCUT2D eigenvalue weighted by Gasteiger charge is 2.61. The lowest BCUT2D eigenvalue weighted by Crippen LogP contribution is -2.68. The van der Waals surface area contributed by atoms with E-state index in [1.165, 1.54) is 30.8 Å². The summed E-state index contributed by atoms with van der Waals surface area (Å²) in [6.45, 7) is 6.85. The SMILES string of the molecule is C=CCSC1N(OC(C)=O)C(=O)C1(CC)Cc1ccc([N+](=O)[O-])cc1. The molecule has 1 amide bonds. The number of non-ortho nitro benzene ring substituents is 1. The molecule has 1 fully saturated rings. The van der Waals surface area contributed by atoms with E-state index in [2.05, 4.69) is 6.58 Å². The number of benzene rings is 1. The molecule has 0 saturated carbocycles. The van der Waals surface area contributed by atoms with E-state index < -0.39 is 16.3 Å². The van der Waals surface area contributed by atoms with Crippen LogP contribution in [0.5, 0.6) is 0 Å². The molecule has 1 aliphatic heterocycles. The molecule has 0 N–H and O–H groups in total. The van der Waals surface area contributed by atoms with Gasteiger partial charge in [-0.1, -0.05) is 25.1 Å². The Morgan fingerprint density at radius 2 is 2.12 bits per heavy atom. The molecule has 2 rings (SSSR count). The second kappa shape index (κ2) is 7.69. The Hall–Kier alpha value is -2.35. The third-order valence-electron chi connectivity index (χ3n) is 4.21. The van der Waals surface area contributed by atoms with Crippen molar-refractivity contribution in [1.29, 1.82) is 0 Å². The Morgan fingerprint density at radius 1 is 1.48 bits per heavy atom. The monoisotopic (exact) mass is 364 g/mol. The van der Waals surface area contributed by atoms with Crippen LogP contribution >= 0.6 is 11.8 Å². The number of nitrogens with zero attached hydrogens (tertiary/aromatic N) is 2. The molecule has 2 atom stereocenters. The van der Waals surface area contributed by atoms with Gasteiger partial charge in [0, 0.05) is 24.8 Å². The molecule has 25 heavy (non-hydrogen) atoms. The standard InChI is InChI=1S/C17H20N2O5S/c1-4-10-25-16-17(5-2,15(21)18(16)24-12(3)20)11-13-6-8-14(9-7-13)19(22)23/h4,6-9,16H,1,5,10-11H2,2-3H3. The van der Waals surface area contributed by atoms with Crippen molar-refractivity contribution in [3.05, 3.63) is 52.6 Å². The van der Waals surface area contributed by atoms with Crippen molar-refractivity contribution in [3.8, 4) is 0 Å². The Kier molecular flexibility index (Phi) is 5.84. The number of thioether (sulfide) groups is 1. The second-order valence-corrected chi connectivity index (χ2v) is 6.91. The molecule has 0 bridgehead atoms. The minimum Gasteiger partial charge on any atom is -0.337 e. The van der Waals surface area contributed by atoms with Crippen LogP contribution in [0.15, 0.2) is 36.9 Å². The van der Waals surface area contributed by atoms with Gasteiger partial charge in [-0.05, 0) is 18.4 Å². The van der Waals surface area contributed by atoms with Crippen molar-refractivity contribution in [1.82, 2.24) is 5.06 Å². The van der Waals surface area contributed by atoms with Gasteiger partial charge < -0.3 is 4.84 Å². The molecule has 0 radical (unpaired) electrons. The van der Waals surface area contributed by atoms with Crippen LogP contribution in [0.25, 0.3) is 0 Å². The van der Waals surface area contributed by atoms with E-state index in [0.717, 1.165) is 10.6 Å². The van der Waals surface area contributed by atoms with Crippen LogP contribution in [0.3, 0.4) is 0 Å². The van der Waals surface area contributed by atoms with Gasteiger partial charge >= 0.3 is 5.97 Å². The predicted octanol–water partition coefficient (Wildman–Crippen LogP) is 3.10. The highest BCUT2D eigenvalue weighted by Crippen LogP contribution is 2.50. The first kappa shape index (κ1) is 19.0. The molecule has 1 aromatic carbocycles. The molecule has 1 saturated heterocycles. The van der Waals surface area contributed by atoms with Gasteiger partial charge in [-0.2, -0.15) is 5.06 Å². The molecule has 134 valence electrons. The lowest BCUT2D eigenvalue weighted by molar-refractivity contribution is -0.384. The number of carbonyl (C=O) groups is 2. The Morgan fingerprint density at radius 3 is 2.60 bits per heavy atom. The molecular formula is C17H20N2O5S. The lowest BCUT2D eigenvalue weighted by atomic mass is 9.72. The van der Waals surface area contributed by atoms with E-state index in [0.29, 0.717) is 18.6 Å². The van der Waals surface area contributed by atoms with E-state index in [1.54, 1.807) is 18.2 Å². The molecule has 0 spiro atoms. The van der Waals surface area contributed by atoms with Crippen LogP contribution < -0.4 is 0 Å². The van der Waals surface area contributed by atoms with Crippen LogP contribution in [0.1, 0.15) is 25.8 Å². The van der Waals surface area contributed by atoms with E-state index in [1.807, 2.05) is 6.92 Å². The van der Waals surface area contributed by atoms with Gasteiger partial charge in [0.05, 0.1) is 10.3 Å². The third kappa shape index (κ3) is 3.68. The van der Waals surface area contributed by atoms with Crippen molar-refractivity contribution in [2.75, 3.05) is 5.75 Å². The molecule has 7 nitrogen and oxygen atoms in total. The lowest BCUT2D eigenvalue weighted by Gasteiger charge is -2.53. The number of nitro groups is 1. The first-order valence-electron chi connectivity index (χ1n) is 7.83. The summed E-state index contributed by atoms with van der Waals surface area (Å²) in [7, 11) is 0. The number of hydrogen-bond acceptors (Lipinski definition) is 6. The van der Waals surface area contributed by atoms with Gasteiger partial charge in [-0.25, -0.2) is 0 Å². The van der Waals surface area contributed by atoms with Crippen molar-refractivity contribution in [2.45, 2.75) is 32.1 Å². The quantitative estimate of drug-likeness (QED) is 0.305.